The van der Waals surface area contributed by atoms with Gasteiger partial charge in [0.2, 0.25) is 0 Å². The molecule has 0 aliphatic carbocycles. The molecule has 0 radical (unpaired) electrons. The van der Waals surface area contributed by atoms with Crippen LogP contribution >= 0.6 is 24.0 Å². The normalized spacial score (nSPS) is 11.1. The third-order valence-electron chi connectivity index (χ3n) is 3.43. The zero-order valence-electron chi connectivity index (χ0n) is 13.4. The van der Waals surface area contributed by atoms with Crippen LogP contribution in [0.25, 0.3) is 0 Å². The van der Waals surface area contributed by atoms with Crippen molar-refractivity contribution in [2.45, 2.75) is 19.5 Å². The minimum Gasteiger partial charge on any atom is -0.356 e. The molecule has 0 saturated heterocycles. The van der Waals surface area contributed by atoms with Crippen molar-refractivity contribution in [2.24, 2.45) is 12.0 Å². The van der Waals surface area contributed by atoms with Crippen LogP contribution in [0.2, 0.25) is 0 Å². The molecule has 122 valence electrons. The molecule has 22 heavy (non-hydrogen) atoms. The van der Waals surface area contributed by atoms with Crippen molar-refractivity contribution in [3.8, 4) is 0 Å². The minimum atomic E-state index is 0. The summed E-state index contributed by atoms with van der Waals surface area (Å²) in [5, 5.41) is 7.58. The summed E-state index contributed by atoms with van der Waals surface area (Å²) in [6.45, 7) is 2.63. The van der Waals surface area contributed by atoms with Gasteiger partial charge in [-0.15, -0.1) is 24.0 Å². The van der Waals surface area contributed by atoms with Gasteiger partial charge < -0.3 is 14.8 Å². The van der Waals surface area contributed by atoms with E-state index in [1.165, 1.54) is 5.69 Å². The van der Waals surface area contributed by atoms with Gasteiger partial charge in [0.05, 0.1) is 6.54 Å². The maximum absolute atomic E-state index is 4.33. The van der Waals surface area contributed by atoms with Gasteiger partial charge >= 0.3 is 0 Å². The quantitative estimate of drug-likeness (QED) is 0.339. The molecular weight excluding hydrogens is 391 g/mol. The van der Waals surface area contributed by atoms with Gasteiger partial charge in [-0.3, -0.25) is 9.67 Å². The van der Waals surface area contributed by atoms with Gasteiger partial charge in [0.15, 0.2) is 5.96 Å². The van der Waals surface area contributed by atoms with Gasteiger partial charge in [0.25, 0.3) is 0 Å². The van der Waals surface area contributed by atoms with Crippen molar-refractivity contribution in [1.82, 2.24) is 24.6 Å². The molecule has 0 amide bonds. The maximum Gasteiger partial charge on any atom is 0.193 e. The molecule has 6 nitrogen and oxygen atoms in total. The molecule has 0 atom stereocenters. The summed E-state index contributed by atoms with van der Waals surface area (Å²) in [6, 6.07) is 6.13. The molecule has 1 N–H and O–H groups in total. The number of hydrogen-bond acceptors (Lipinski definition) is 2. The molecule has 0 aliphatic rings. The Morgan fingerprint density at radius 2 is 2.18 bits per heavy atom. The summed E-state index contributed by atoms with van der Waals surface area (Å²) < 4.78 is 4.07. The average Bonchev–Trinajstić information content (AvgIpc) is 3.11. The topological polar surface area (TPSA) is 50.4 Å². The van der Waals surface area contributed by atoms with Crippen molar-refractivity contribution < 1.29 is 0 Å². The lowest BCUT2D eigenvalue weighted by atomic mass is 10.4. The standard InChI is InChI=1S/C15H24N6.HI/c1-16-15(17-8-5-11-21-12-6-9-18-21)20(3)13-14-7-4-10-19(14)2;/h4,6-7,9-10,12H,5,8,11,13H2,1-3H3,(H,16,17);1H. The summed E-state index contributed by atoms with van der Waals surface area (Å²) in [5.74, 6) is 0.914. The Labute approximate surface area is 149 Å². The number of rotatable bonds is 6. The highest BCUT2D eigenvalue weighted by molar-refractivity contribution is 14.0. The first-order valence-corrected chi connectivity index (χ1v) is 7.20. The van der Waals surface area contributed by atoms with Gasteiger partial charge in [0, 0.05) is 58.5 Å². The average molecular weight is 416 g/mol. The zero-order chi connectivity index (χ0) is 15.1. The molecule has 0 fully saturated rings. The fraction of sp³-hybridized carbons (Fsp3) is 0.467. The summed E-state index contributed by atoms with van der Waals surface area (Å²) in [5.41, 5.74) is 1.26. The molecule has 2 aromatic rings. The molecular formula is C15H25IN6. The molecule has 7 heteroatoms. The lowest BCUT2D eigenvalue weighted by Gasteiger charge is -2.22. The Morgan fingerprint density at radius 1 is 1.36 bits per heavy atom. The van der Waals surface area contributed by atoms with Gasteiger partial charge in [-0.2, -0.15) is 5.10 Å². The Kier molecular flexibility index (Phi) is 8.00. The minimum absolute atomic E-state index is 0. The predicted molar refractivity (Wildman–Crippen MR) is 101 cm³/mol. The highest BCUT2D eigenvalue weighted by atomic mass is 127. The van der Waals surface area contributed by atoms with Crippen LogP contribution in [0.15, 0.2) is 41.8 Å². The Bertz CT molecular complexity index is 560. The first-order valence-electron chi connectivity index (χ1n) is 7.20. The van der Waals surface area contributed by atoms with E-state index in [0.29, 0.717) is 0 Å². The predicted octanol–water partition coefficient (Wildman–Crippen LogP) is 1.94. The van der Waals surface area contributed by atoms with Gasteiger partial charge in [-0.25, -0.2) is 0 Å². The van der Waals surface area contributed by atoms with Crippen molar-refractivity contribution >= 4 is 29.9 Å². The van der Waals surface area contributed by atoms with E-state index in [-0.39, 0.29) is 24.0 Å². The van der Waals surface area contributed by atoms with E-state index in [0.717, 1.165) is 32.0 Å². The number of nitrogens with zero attached hydrogens (tertiary/aromatic N) is 5. The van der Waals surface area contributed by atoms with E-state index in [1.54, 1.807) is 6.20 Å². The van der Waals surface area contributed by atoms with Crippen LogP contribution in [-0.4, -0.2) is 45.8 Å². The van der Waals surface area contributed by atoms with Crippen molar-refractivity contribution in [3.63, 3.8) is 0 Å². The van der Waals surface area contributed by atoms with Crippen LogP contribution in [0, 0.1) is 0 Å². The SMILES string of the molecule is CN=C(NCCCn1cccn1)N(C)Cc1cccn1C.I. The molecule has 0 unspecified atom stereocenters. The highest BCUT2D eigenvalue weighted by Gasteiger charge is 2.07. The van der Waals surface area contributed by atoms with Crippen LogP contribution in [0.3, 0.4) is 0 Å². The molecule has 0 aromatic carbocycles. The first kappa shape index (κ1) is 18.5. The van der Waals surface area contributed by atoms with E-state index >= 15 is 0 Å². The maximum atomic E-state index is 4.33. The second-order valence-corrected chi connectivity index (χ2v) is 5.06. The lowest BCUT2D eigenvalue weighted by Crippen LogP contribution is -2.39. The number of aromatic nitrogens is 3. The van der Waals surface area contributed by atoms with Crippen LogP contribution in [-0.2, 0) is 20.1 Å². The molecule has 2 heterocycles. The molecule has 2 rings (SSSR count). The van der Waals surface area contributed by atoms with Crippen LogP contribution in [0.1, 0.15) is 12.1 Å². The number of nitrogens with one attached hydrogen (secondary N) is 1. The fourth-order valence-corrected chi connectivity index (χ4v) is 2.24. The largest absolute Gasteiger partial charge is 0.356 e. The second kappa shape index (κ2) is 9.50. The lowest BCUT2D eigenvalue weighted by molar-refractivity contribution is 0.457. The van der Waals surface area contributed by atoms with Crippen molar-refractivity contribution in [3.05, 3.63) is 42.5 Å². The summed E-state index contributed by atoms with van der Waals surface area (Å²) in [4.78, 5) is 6.46. The molecule has 2 aromatic heterocycles. The smallest absolute Gasteiger partial charge is 0.193 e. The number of aliphatic imine (C=N–C) groups is 1. The van der Waals surface area contributed by atoms with E-state index < -0.39 is 0 Å². The van der Waals surface area contributed by atoms with Crippen molar-refractivity contribution in [1.29, 1.82) is 0 Å². The monoisotopic (exact) mass is 416 g/mol. The third kappa shape index (κ3) is 5.36. The summed E-state index contributed by atoms with van der Waals surface area (Å²) in [7, 11) is 5.93. The van der Waals surface area contributed by atoms with E-state index in [9.17, 15) is 0 Å². The van der Waals surface area contributed by atoms with Crippen LogP contribution in [0.5, 0.6) is 0 Å². The van der Waals surface area contributed by atoms with E-state index in [1.807, 2.05) is 24.0 Å². The number of halogens is 1. The Hall–Kier alpha value is -1.51. The molecule has 0 saturated carbocycles. The van der Waals surface area contributed by atoms with Crippen LogP contribution < -0.4 is 5.32 Å². The van der Waals surface area contributed by atoms with Crippen LogP contribution in [0.4, 0.5) is 0 Å². The zero-order valence-corrected chi connectivity index (χ0v) is 15.8. The van der Waals surface area contributed by atoms with Crippen molar-refractivity contribution in [2.75, 3.05) is 20.6 Å². The second-order valence-electron chi connectivity index (χ2n) is 5.06. The first-order chi connectivity index (χ1) is 10.2. The van der Waals surface area contributed by atoms with Gasteiger partial charge in [-0.05, 0) is 24.6 Å². The number of hydrogen-bond donors (Lipinski definition) is 1. The number of aryl methyl sites for hydroxylation is 2. The highest BCUT2D eigenvalue weighted by Crippen LogP contribution is 2.03. The Morgan fingerprint density at radius 3 is 2.77 bits per heavy atom. The summed E-state index contributed by atoms with van der Waals surface area (Å²) in [6.07, 6.45) is 6.86. The van der Waals surface area contributed by atoms with E-state index in [4.69, 9.17) is 0 Å². The van der Waals surface area contributed by atoms with E-state index in [2.05, 4.69) is 57.3 Å². The van der Waals surface area contributed by atoms with Gasteiger partial charge in [-0.1, -0.05) is 0 Å². The van der Waals surface area contributed by atoms with Gasteiger partial charge in [0.1, 0.15) is 0 Å². The molecule has 0 bridgehead atoms. The third-order valence-corrected chi connectivity index (χ3v) is 3.43. The Balaban J connectivity index is 0.00000242. The molecule has 0 spiro atoms. The number of guanidine groups is 1. The molecule has 0 aliphatic heterocycles. The fourth-order valence-electron chi connectivity index (χ4n) is 2.24. The summed E-state index contributed by atoms with van der Waals surface area (Å²) >= 11 is 0.